The van der Waals surface area contributed by atoms with Crippen LogP contribution in [0.4, 0.5) is 5.69 Å². The smallest absolute Gasteiger partial charge is 0.128 e. The van der Waals surface area contributed by atoms with E-state index in [1.54, 1.807) is 29.0 Å². The maximum Gasteiger partial charge on any atom is 0.128 e. The van der Waals surface area contributed by atoms with Crippen molar-refractivity contribution in [1.29, 1.82) is 5.26 Å². The van der Waals surface area contributed by atoms with Gasteiger partial charge in [0.15, 0.2) is 0 Å². The van der Waals surface area contributed by atoms with E-state index in [1.807, 2.05) is 7.05 Å². The van der Waals surface area contributed by atoms with Gasteiger partial charge in [0, 0.05) is 12.1 Å². The van der Waals surface area contributed by atoms with Crippen LogP contribution in [0.25, 0.3) is 0 Å². The van der Waals surface area contributed by atoms with E-state index in [-0.39, 0.29) is 0 Å². The lowest BCUT2D eigenvalue weighted by Crippen LogP contribution is -2.07. The number of aromatic nitrogens is 2. The summed E-state index contributed by atoms with van der Waals surface area (Å²) in [6, 6.07) is 7.18. The van der Waals surface area contributed by atoms with Crippen LogP contribution in [0.1, 0.15) is 11.4 Å². The second kappa shape index (κ2) is 5.30. The minimum atomic E-state index is 0.470. The van der Waals surface area contributed by atoms with Gasteiger partial charge in [0.25, 0.3) is 0 Å². The van der Waals surface area contributed by atoms with E-state index in [2.05, 4.69) is 16.4 Å². The molecular weight excluding hydrogens is 271 g/mol. The summed E-state index contributed by atoms with van der Waals surface area (Å²) in [7, 11) is 1.83. The molecular formula is C12H10Cl2N4. The first kappa shape index (κ1) is 12.7. The van der Waals surface area contributed by atoms with E-state index in [0.29, 0.717) is 28.0 Å². The van der Waals surface area contributed by atoms with Crippen molar-refractivity contribution in [3.63, 3.8) is 0 Å². The molecule has 0 unspecified atom stereocenters. The highest BCUT2D eigenvalue weighted by atomic mass is 35.5. The van der Waals surface area contributed by atoms with Crippen LogP contribution in [0, 0.1) is 11.3 Å². The second-order valence-electron chi connectivity index (χ2n) is 3.71. The van der Waals surface area contributed by atoms with E-state index >= 15 is 0 Å². The summed E-state index contributed by atoms with van der Waals surface area (Å²) in [4.78, 5) is 4.16. The molecule has 0 spiro atoms. The third-order valence-electron chi connectivity index (χ3n) is 2.57. The van der Waals surface area contributed by atoms with Crippen LogP contribution in [0.5, 0.6) is 0 Å². The van der Waals surface area contributed by atoms with E-state index in [0.717, 1.165) is 5.82 Å². The van der Waals surface area contributed by atoms with E-state index in [1.165, 1.54) is 0 Å². The first-order valence-corrected chi connectivity index (χ1v) is 5.97. The fourth-order valence-electron chi connectivity index (χ4n) is 1.52. The summed E-state index contributed by atoms with van der Waals surface area (Å²) in [6.07, 6.45) is 1.59. The molecule has 0 aliphatic heterocycles. The van der Waals surface area contributed by atoms with Gasteiger partial charge in [-0.05, 0) is 18.2 Å². The van der Waals surface area contributed by atoms with Gasteiger partial charge in [-0.25, -0.2) is 4.98 Å². The van der Waals surface area contributed by atoms with Crippen molar-refractivity contribution in [3.8, 4) is 6.07 Å². The molecule has 1 aromatic carbocycles. The molecule has 2 rings (SSSR count). The van der Waals surface area contributed by atoms with E-state index in [4.69, 9.17) is 28.5 Å². The Balaban J connectivity index is 2.18. The number of rotatable bonds is 3. The van der Waals surface area contributed by atoms with Crippen molar-refractivity contribution in [2.24, 2.45) is 7.05 Å². The van der Waals surface area contributed by atoms with Gasteiger partial charge < -0.3 is 9.88 Å². The average Bonchev–Trinajstić information content (AvgIpc) is 2.68. The monoisotopic (exact) mass is 280 g/mol. The van der Waals surface area contributed by atoms with Crippen LogP contribution in [0.15, 0.2) is 24.4 Å². The molecule has 0 atom stereocenters. The highest BCUT2D eigenvalue weighted by Crippen LogP contribution is 2.21. The molecule has 1 heterocycles. The molecule has 2 aromatic rings. The first-order valence-electron chi connectivity index (χ1n) is 5.21. The SMILES string of the molecule is Cn1c(Cl)cnc1CNc1cc(Cl)ccc1C#N. The maximum absolute atomic E-state index is 8.99. The van der Waals surface area contributed by atoms with Gasteiger partial charge in [-0.3, -0.25) is 0 Å². The first-order chi connectivity index (χ1) is 8.61. The molecule has 0 aliphatic carbocycles. The van der Waals surface area contributed by atoms with Gasteiger partial charge in [-0.2, -0.15) is 5.26 Å². The van der Waals surface area contributed by atoms with Gasteiger partial charge in [0.2, 0.25) is 0 Å². The molecule has 0 aliphatic rings. The molecule has 1 aromatic heterocycles. The number of hydrogen-bond acceptors (Lipinski definition) is 3. The van der Waals surface area contributed by atoms with Crippen molar-refractivity contribution in [2.75, 3.05) is 5.32 Å². The average molecular weight is 281 g/mol. The number of nitriles is 1. The van der Waals surface area contributed by atoms with Crippen LogP contribution in [-0.4, -0.2) is 9.55 Å². The molecule has 0 radical (unpaired) electrons. The zero-order valence-corrected chi connectivity index (χ0v) is 11.1. The zero-order valence-electron chi connectivity index (χ0n) is 9.61. The molecule has 6 heteroatoms. The standard InChI is InChI=1S/C12H10Cl2N4/c1-18-11(14)6-17-12(18)7-16-10-4-9(13)3-2-8(10)5-15/h2-4,6,16H,7H2,1H3. The topological polar surface area (TPSA) is 53.6 Å². The van der Waals surface area contributed by atoms with E-state index < -0.39 is 0 Å². The highest BCUT2D eigenvalue weighted by Gasteiger charge is 2.06. The van der Waals surface area contributed by atoms with Gasteiger partial charge in [0.05, 0.1) is 24.0 Å². The van der Waals surface area contributed by atoms with Crippen LogP contribution >= 0.6 is 23.2 Å². The Morgan fingerprint density at radius 1 is 1.44 bits per heavy atom. The summed E-state index contributed by atoms with van der Waals surface area (Å²) in [5.41, 5.74) is 1.23. The molecule has 0 bridgehead atoms. The third kappa shape index (κ3) is 2.58. The summed E-state index contributed by atoms with van der Waals surface area (Å²) < 4.78 is 1.77. The van der Waals surface area contributed by atoms with Gasteiger partial charge >= 0.3 is 0 Å². The predicted octanol–water partition coefficient (Wildman–Crippen LogP) is 3.21. The Labute approximate surface area is 115 Å². The minimum Gasteiger partial charge on any atom is -0.377 e. The summed E-state index contributed by atoms with van der Waals surface area (Å²) >= 11 is 11.8. The van der Waals surface area contributed by atoms with Crippen molar-refractivity contribution in [3.05, 3.63) is 46.0 Å². The fraction of sp³-hybridized carbons (Fsp3) is 0.167. The Hall–Kier alpha value is -1.70. The number of halogens is 2. The third-order valence-corrected chi connectivity index (χ3v) is 3.15. The fourth-order valence-corrected chi connectivity index (χ4v) is 1.84. The molecule has 92 valence electrons. The number of hydrogen-bond donors (Lipinski definition) is 1. The maximum atomic E-state index is 8.99. The highest BCUT2D eigenvalue weighted by molar-refractivity contribution is 6.31. The largest absolute Gasteiger partial charge is 0.377 e. The summed E-state index contributed by atoms with van der Waals surface area (Å²) in [6.45, 7) is 0.470. The lowest BCUT2D eigenvalue weighted by atomic mass is 10.2. The van der Waals surface area contributed by atoms with Gasteiger partial charge in [-0.15, -0.1) is 0 Å². The Morgan fingerprint density at radius 3 is 2.83 bits per heavy atom. The Morgan fingerprint density at radius 2 is 2.22 bits per heavy atom. The van der Waals surface area contributed by atoms with Crippen molar-refractivity contribution < 1.29 is 0 Å². The number of benzene rings is 1. The van der Waals surface area contributed by atoms with Crippen molar-refractivity contribution in [2.45, 2.75) is 6.54 Å². The lowest BCUT2D eigenvalue weighted by Gasteiger charge is -2.08. The summed E-state index contributed by atoms with van der Waals surface area (Å²) in [5.74, 6) is 0.781. The van der Waals surface area contributed by atoms with Crippen LogP contribution in [-0.2, 0) is 13.6 Å². The number of nitrogens with zero attached hydrogens (tertiary/aromatic N) is 3. The summed E-state index contributed by atoms with van der Waals surface area (Å²) in [5, 5.41) is 13.3. The molecule has 4 nitrogen and oxygen atoms in total. The molecule has 0 saturated carbocycles. The van der Waals surface area contributed by atoms with Crippen molar-refractivity contribution in [1.82, 2.24) is 9.55 Å². The predicted molar refractivity (Wildman–Crippen MR) is 71.7 cm³/mol. The molecule has 0 amide bonds. The zero-order chi connectivity index (χ0) is 13.1. The van der Waals surface area contributed by atoms with Crippen LogP contribution < -0.4 is 5.32 Å². The Bertz CT molecular complexity index is 613. The second-order valence-corrected chi connectivity index (χ2v) is 4.54. The van der Waals surface area contributed by atoms with E-state index in [9.17, 15) is 0 Å². The quantitative estimate of drug-likeness (QED) is 0.939. The van der Waals surface area contributed by atoms with Crippen molar-refractivity contribution >= 4 is 28.9 Å². The molecule has 18 heavy (non-hydrogen) atoms. The number of nitrogens with one attached hydrogen (secondary N) is 1. The van der Waals surface area contributed by atoms with Gasteiger partial charge in [-0.1, -0.05) is 23.2 Å². The van der Waals surface area contributed by atoms with Gasteiger partial charge in [0.1, 0.15) is 17.0 Å². The number of imidazole rings is 1. The normalized spacial score (nSPS) is 10.1. The molecule has 0 saturated heterocycles. The van der Waals surface area contributed by atoms with Crippen LogP contribution in [0.2, 0.25) is 10.2 Å². The number of anilines is 1. The molecule has 1 N–H and O–H groups in total. The lowest BCUT2D eigenvalue weighted by molar-refractivity contribution is 0.813. The molecule has 0 fully saturated rings. The Kier molecular flexibility index (Phi) is 3.75. The van der Waals surface area contributed by atoms with Crippen LogP contribution in [0.3, 0.4) is 0 Å². The minimum absolute atomic E-state index is 0.470.